The fourth-order valence-corrected chi connectivity index (χ4v) is 4.13. The van der Waals surface area contributed by atoms with Crippen LogP contribution in [0, 0.1) is 5.82 Å². The second-order valence-corrected chi connectivity index (χ2v) is 7.83. The van der Waals surface area contributed by atoms with Crippen LogP contribution in [0.25, 0.3) is 10.9 Å². The smallest absolute Gasteiger partial charge is 0.147 e. The number of benzene rings is 2. The molecule has 3 aromatic rings. The van der Waals surface area contributed by atoms with Gasteiger partial charge in [-0.1, -0.05) is 11.2 Å². The van der Waals surface area contributed by atoms with Gasteiger partial charge >= 0.3 is 0 Å². The lowest BCUT2D eigenvalue weighted by Gasteiger charge is -2.30. The second kappa shape index (κ2) is 9.26. The van der Waals surface area contributed by atoms with E-state index in [4.69, 9.17) is 4.52 Å². The summed E-state index contributed by atoms with van der Waals surface area (Å²) in [5.41, 5.74) is 2.08. The van der Waals surface area contributed by atoms with Crippen molar-refractivity contribution in [2.75, 3.05) is 31.5 Å². The summed E-state index contributed by atoms with van der Waals surface area (Å²) in [5.74, 6) is 1.07. The summed E-state index contributed by atoms with van der Waals surface area (Å²) < 4.78 is 18.9. The molecule has 0 spiro atoms. The van der Waals surface area contributed by atoms with Crippen LogP contribution in [0.2, 0.25) is 0 Å². The fourth-order valence-electron chi connectivity index (χ4n) is 4.13. The Morgan fingerprint density at radius 3 is 2.83 bits per heavy atom. The van der Waals surface area contributed by atoms with Gasteiger partial charge in [0.15, 0.2) is 0 Å². The first kappa shape index (κ1) is 20.3. The van der Waals surface area contributed by atoms with E-state index in [1.54, 1.807) is 12.1 Å². The number of carbonyl (C=O) groups is 1. The Labute approximate surface area is 174 Å². The molecule has 0 radical (unpaired) electrons. The van der Waals surface area contributed by atoms with Crippen molar-refractivity contribution in [2.24, 2.45) is 0 Å². The minimum absolute atomic E-state index is 0.175. The molecule has 1 aliphatic heterocycles. The van der Waals surface area contributed by atoms with Gasteiger partial charge in [0.25, 0.3) is 0 Å². The number of hydrogen-bond acceptors (Lipinski definition) is 6. The normalized spacial score (nSPS) is 15.5. The summed E-state index contributed by atoms with van der Waals surface area (Å²) in [4.78, 5) is 13.0. The molecule has 0 atom stereocenters. The monoisotopic (exact) mass is 411 g/mol. The highest BCUT2D eigenvalue weighted by Gasteiger charge is 2.25. The van der Waals surface area contributed by atoms with E-state index in [1.807, 2.05) is 12.1 Å². The first-order chi connectivity index (χ1) is 14.6. The number of piperidine rings is 1. The maximum Gasteiger partial charge on any atom is 0.147 e. The van der Waals surface area contributed by atoms with Gasteiger partial charge in [-0.3, -0.25) is 0 Å². The molecule has 0 amide bonds. The van der Waals surface area contributed by atoms with Crippen LogP contribution in [0.3, 0.4) is 0 Å². The standard InChI is InChI=1S/C23H26FN3O3/c24-18-3-4-19-21(15-18)26-30-23(19)17-6-11-27(12-7-17)10-1-9-25-20-5-2-16(8-13-28)14-22(20)29/h2-5,13-15,17,25,29H,1,6-12H2. The van der Waals surface area contributed by atoms with Gasteiger partial charge in [-0.2, -0.15) is 0 Å². The van der Waals surface area contributed by atoms with Crippen molar-refractivity contribution in [3.63, 3.8) is 0 Å². The Kier molecular flexibility index (Phi) is 6.28. The highest BCUT2D eigenvalue weighted by Crippen LogP contribution is 2.33. The molecule has 4 rings (SSSR count). The largest absolute Gasteiger partial charge is 0.506 e. The Morgan fingerprint density at radius 2 is 2.07 bits per heavy atom. The number of aromatic nitrogens is 1. The molecule has 6 nitrogen and oxygen atoms in total. The average molecular weight is 411 g/mol. The molecule has 7 heteroatoms. The number of fused-ring (bicyclic) bond motifs is 1. The molecule has 2 heterocycles. The molecular formula is C23H26FN3O3. The third-order valence-electron chi connectivity index (χ3n) is 5.77. The second-order valence-electron chi connectivity index (χ2n) is 7.83. The number of carbonyl (C=O) groups excluding carboxylic acids is 1. The first-order valence-electron chi connectivity index (χ1n) is 10.4. The SMILES string of the molecule is O=CCc1ccc(NCCCN2CCC(c3onc4cc(F)ccc34)CC2)c(O)c1. The van der Waals surface area contributed by atoms with Crippen molar-refractivity contribution in [3.8, 4) is 5.75 Å². The van der Waals surface area contributed by atoms with Crippen LogP contribution in [0.4, 0.5) is 10.1 Å². The molecule has 158 valence electrons. The van der Waals surface area contributed by atoms with E-state index in [2.05, 4.69) is 15.4 Å². The van der Waals surface area contributed by atoms with Crippen molar-refractivity contribution in [2.45, 2.75) is 31.6 Å². The fraction of sp³-hybridized carbons (Fsp3) is 0.391. The number of anilines is 1. The van der Waals surface area contributed by atoms with Crippen LogP contribution in [0.15, 0.2) is 40.9 Å². The minimum atomic E-state index is -0.295. The Bertz CT molecular complexity index is 1010. The molecule has 1 aliphatic rings. The van der Waals surface area contributed by atoms with Gasteiger partial charge in [-0.25, -0.2) is 4.39 Å². The zero-order valence-electron chi connectivity index (χ0n) is 16.8. The lowest BCUT2D eigenvalue weighted by atomic mass is 9.92. The zero-order chi connectivity index (χ0) is 20.9. The summed E-state index contributed by atoms with van der Waals surface area (Å²) in [7, 11) is 0. The number of halogens is 1. The van der Waals surface area contributed by atoms with Crippen LogP contribution < -0.4 is 5.32 Å². The highest BCUT2D eigenvalue weighted by molar-refractivity contribution is 5.80. The highest BCUT2D eigenvalue weighted by atomic mass is 19.1. The topological polar surface area (TPSA) is 78.6 Å². The van der Waals surface area contributed by atoms with Gasteiger partial charge in [-0.05, 0) is 68.7 Å². The van der Waals surface area contributed by atoms with E-state index >= 15 is 0 Å². The van der Waals surface area contributed by atoms with E-state index < -0.39 is 0 Å². The van der Waals surface area contributed by atoms with Gasteiger partial charge in [0.2, 0.25) is 0 Å². The Morgan fingerprint density at radius 1 is 1.23 bits per heavy atom. The number of aromatic hydroxyl groups is 1. The number of phenols is 1. The molecule has 2 N–H and O–H groups in total. The predicted molar refractivity (Wildman–Crippen MR) is 113 cm³/mol. The van der Waals surface area contributed by atoms with Gasteiger partial charge in [-0.15, -0.1) is 0 Å². The molecule has 0 bridgehead atoms. The van der Waals surface area contributed by atoms with E-state index in [0.717, 1.165) is 68.4 Å². The van der Waals surface area contributed by atoms with Crippen LogP contribution in [-0.2, 0) is 11.2 Å². The Balaban J connectivity index is 1.22. The van der Waals surface area contributed by atoms with E-state index in [-0.39, 0.29) is 11.6 Å². The number of likely N-dealkylation sites (tertiary alicyclic amines) is 1. The molecule has 0 saturated carbocycles. The molecule has 1 fully saturated rings. The van der Waals surface area contributed by atoms with E-state index in [0.29, 0.717) is 23.5 Å². The van der Waals surface area contributed by atoms with Crippen molar-refractivity contribution < 1.29 is 18.8 Å². The Hall–Kier alpha value is -2.93. The van der Waals surface area contributed by atoms with Gasteiger partial charge < -0.3 is 24.6 Å². The molecular weight excluding hydrogens is 385 g/mol. The zero-order valence-corrected chi connectivity index (χ0v) is 16.8. The van der Waals surface area contributed by atoms with Crippen molar-refractivity contribution in [1.82, 2.24) is 10.1 Å². The molecule has 30 heavy (non-hydrogen) atoms. The molecule has 0 aliphatic carbocycles. The molecule has 1 saturated heterocycles. The molecule has 0 unspecified atom stereocenters. The summed E-state index contributed by atoms with van der Waals surface area (Å²) >= 11 is 0. The molecule has 2 aromatic carbocycles. The number of nitrogens with one attached hydrogen (secondary N) is 1. The summed E-state index contributed by atoms with van der Waals surface area (Å²) in [5, 5.41) is 18.2. The number of rotatable bonds is 8. The van der Waals surface area contributed by atoms with Crippen molar-refractivity contribution in [1.29, 1.82) is 0 Å². The maximum atomic E-state index is 13.3. The third kappa shape index (κ3) is 4.62. The summed E-state index contributed by atoms with van der Waals surface area (Å²) in [6.45, 7) is 3.71. The van der Waals surface area contributed by atoms with E-state index in [1.165, 1.54) is 12.1 Å². The number of nitrogens with zero attached hydrogens (tertiary/aromatic N) is 2. The van der Waals surface area contributed by atoms with Crippen LogP contribution in [-0.4, -0.2) is 47.6 Å². The van der Waals surface area contributed by atoms with Gasteiger partial charge in [0.1, 0.15) is 29.1 Å². The third-order valence-corrected chi connectivity index (χ3v) is 5.77. The first-order valence-corrected chi connectivity index (χ1v) is 10.4. The van der Waals surface area contributed by atoms with Gasteiger partial charge in [0.05, 0.1) is 5.69 Å². The van der Waals surface area contributed by atoms with E-state index in [9.17, 15) is 14.3 Å². The molecule has 1 aromatic heterocycles. The predicted octanol–water partition coefficient (Wildman–Crippen LogP) is 4.10. The quantitative estimate of drug-likeness (QED) is 0.330. The van der Waals surface area contributed by atoms with Crippen LogP contribution >= 0.6 is 0 Å². The lowest BCUT2D eigenvalue weighted by molar-refractivity contribution is -0.107. The number of aldehydes is 1. The van der Waals surface area contributed by atoms with Crippen molar-refractivity contribution in [3.05, 3.63) is 53.5 Å². The maximum absolute atomic E-state index is 13.3. The summed E-state index contributed by atoms with van der Waals surface area (Å²) in [6.07, 6.45) is 4.09. The minimum Gasteiger partial charge on any atom is -0.506 e. The van der Waals surface area contributed by atoms with Crippen LogP contribution in [0.5, 0.6) is 5.75 Å². The lowest BCUT2D eigenvalue weighted by Crippen LogP contribution is -2.34. The van der Waals surface area contributed by atoms with Crippen molar-refractivity contribution >= 4 is 22.9 Å². The van der Waals surface area contributed by atoms with Gasteiger partial charge in [0, 0.05) is 30.3 Å². The average Bonchev–Trinajstić information content (AvgIpc) is 3.16. The van der Waals surface area contributed by atoms with Crippen LogP contribution in [0.1, 0.15) is 36.5 Å². The number of phenolic OH excluding ortho intramolecular Hbond substituents is 1. The summed E-state index contributed by atoms with van der Waals surface area (Å²) in [6, 6.07) is 9.92. The number of hydrogen-bond donors (Lipinski definition) is 2.